The van der Waals surface area contributed by atoms with Crippen LogP contribution in [0.2, 0.25) is 0 Å². The smallest absolute Gasteiger partial charge is 0.124 e. The molecule has 0 amide bonds. The van der Waals surface area contributed by atoms with Gasteiger partial charge in [0.1, 0.15) is 11.9 Å². The van der Waals surface area contributed by atoms with Crippen molar-refractivity contribution in [2.75, 3.05) is 18.1 Å². The van der Waals surface area contributed by atoms with Crippen LogP contribution in [0.1, 0.15) is 25.3 Å². The molecule has 0 aromatic heterocycles. The maximum atomic E-state index is 6.03. The highest BCUT2D eigenvalue weighted by Crippen LogP contribution is 2.29. The van der Waals surface area contributed by atoms with E-state index in [1.807, 2.05) is 0 Å². The van der Waals surface area contributed by atoms with Gasteiger partial charge < -0.3 is 4.74 Å². The largest absolute Gasteiger partial charge is 0.489 e. The van der Waals surface area contributed by atoms with Crippen LogP contribution in [-0.4, -0.2) is 35.1 Å². The second-order valence-electron chi connectivity index (χ2n) is 5.31. The molecular formula is C15H21NOS. The van der Waals surface area contributed by atoms with Crippen LogP contribution in [0.3, 0.4) is 0 Å². The molecule has 2 aliphatic rings. The lowest BCUT2D eigenvalue weighted by Gasteiger charge is -2.33. The van der Waals surface area contributed by atoms with Gasteiger partial charge >= 0.3 is 0 Å². The number of fused-ring (bicyclic) bond motifs is 1. The summed E-state index contributed by atoms with van der Waals surface area (Å²) in [6.07, 6.45) is 2.96. The minimum absolute atomic E-state index is 0.295. The van der Waals surface area contributed by atoms with Crippen LogP contribution in [0.15, 0.2) is 24.3 Å². The van der Waals surface area contributed by atoms with Gasteiger partial charge in [-0.2, -0.15) is 11.8 Å². The highest BCUT2D eigenvalue weighted by molar-refractivity contribution is 7.99. The first-order valence-electron chi connectivity index (χ1n) is 6.89. The zero-order chi connectivity index (χ0) is 12.4. The second kappa shape index (κ2) is 5.54. The normalized spacial score (nSPS) is 26.2. The molecule has 1 saturated heterocycles. The van der Waals surface area contributed by atoms with Crippen molar-refractivity contribution in [2.24, 2.45) is 0 Å². The zero-order valence-electron chi connectivity index (χ0n) is 11.0. The number of nitrogens with zero attached hydrogens (tertiary/aromatic N) is 1. The van der Waals surface area contributed by atoms with Crippen LogP contribution >= 0.6 is 11.8 Å². The van der Waals surface area contributed by atoms with Gasteiger partial charge in [-0.05, 0) is 37.3 Å². The predicted octanol–water partition coefficient (Wildman–Crippen LogP) is 3.17. The molecule has 2 nitrogen and oxygen atoms in total. The number of thioether (sulfide) groups is 1. The SMILES string of the molecule is C[C@@H]1CN(C2CCSCC2)Cc2ccccc2O1. The summed E-state index contributed by atoms with van der Waals surface area (Å²) in [5, 5.41) is 0. The molecule has 3 rings (SSSR count). The molecule has 0 saturated carbocycles. The van der Waals surface area contributed by atoms with E-state index < -0.39 is 0 Å². The number of benzene rings is 1. The summed E-state index contributed by atoms with van der Waals surface area (Å²) >= 11 is 2.10. The summed E-state index contributed by atoms with van der Waals surface area (Å²) in [7, 11) is 0. The molecule has 18 heavy (non-hydrogen) atoms. The number of ether oxygens (including phenoxy) is 1. The van der Waals surface area contributed by atoms with Crippen molar-refractivity contribution >= 4 is 11.8 Å². The lowest BCUT2D eigenvalue weighted by atomic mass is 10.1. The maximum absolute atomic E-state index is 6.03. The Morgan fingerprint density at radius 3 is 2.83 bits per heavy atom. The van der Waals surface area contributed by atoms with E-state index in [1.54, 1.807) is 0 Å². The van der Waals surface area contributed by atoms with E-state index in [1.165, 1.54) is 29.9 Å². The molecule has 98 valence electrons. The molecule has 0 N–H and O–H groups in total. The molecular weight excluding hydrogens is 242 g/mol. The van der Waals surface area contributed by atoms with Crippen molar-refractivity contribution in [1.29, 1.82) is 0 Å². The van der Waals surface area contributed by atoms with Crippen molar-refractivity contribution in [1.82, 2.24) is 4.90 Å². The highest BCUT2D eigenvalue weighted by Gasteiger charge is 2.26. The van der Waals surface area contributed by atoms with Gasteiger partial charge in [-0.3, -0.25) is 4.90 Å². The summed E-state index contributed by atoms with van der Waals surface area (Å²) in [5.74, 6) is 3.72. The predicted molar refractivity (Wildman–Crippen MR) is 77.3 cm³/mol. The number of rotatable bonds is 1. The van der Waals surface area contributed by atoms with Crippen LogP contribution in [0.5, 0.6) is 5.75 Å². The molecule has 2 heterocycles. The van der Waals surface area contributed by atoms with E-state index in [2.05, 4.69) is 47.9 Å². The minimum atomic E-state index is 0.295. The van der Waals surface area contributed by atoms with Crippen molar-refractivity contribution in [3.05, 3.63) is 29.8 Å². The summed E-state index contributed by atoms with van der Waals surface area (Å²) in [6, 6.07) is 9.25. The molecule has 1 fully saturated rings. The fraction of sp³-hybridized carbons (Fsp3) is 0.600. The molecule has 1 aromatic rings. The number of hydrogen-bond acceptors (Lipinski definition) is 3. The Morgan fingerprint density at radius 1 is 1.22 bits per heavy atom. The van der Waals surface area contributed by atoms with Crippen molar-refractivity contribution in [2.45, 2.75) is 38.5 Å². The van der Waals surface area contributed by atoms with Crippen LogP contribution in [0.25, 0.3) is 0 Å². The Labute approximate surface area is 114 Å². The van der Waals surface area contributed by atoms with E-state index in [-0.39, 0.29) is 0 Å². The van der Waals surface area contributed by atoms with E-state index in [9.17, 15) is 0 Å². The molecule has 0 aliphatic carbocycles. The van der Waals surface area contributed by atoms with E-state index in [4.69, 9.17) is 4.74 Å². The summed E-state index contributed by atoms with van der Waals surface area (Å²) in [5.41, 5.74) is 1.35. The Morgan fingerprint density at radius 2 is 2.00 bits per heavy atom. The molecule has 2 aliphatic heterocycles. The van der Waals surface area contributed by atoms with Gasteiger partial charge in [-0.25, -0.2) is 0 Å². The first-order valence-corrected chi connectivity index (χ1v) is 8.05. The first kappa shape index (κ1) is 12.4. The van der Waals surface area contributed by atoms with Gasteiger partial charge in [-0.15, -0.1) is 0 Å². The second-order valence-corrected chi connectivity index (χ2v) is 6.53. The van der Waals surface area contributed by atoms with Gasteiger partial charge in [0.15, 0.2) is 0 Å². The third kappa shape index (κ3) is 2.67. The average molecular weight is 263 g/mol. The standard InChI is InChI=1S/C15H21NOS/c1-12-10-16(14-6-8-18-9-7-14)11-13-4-2-3-5-15(13)17-12/h2-5,12,14H,6-11H2,1H3/t12-/m1/s1. The van der Waals surface area contributed by atoms with Gasteiger partial charge in [0.2, 0.25) is 0 Å². The van der Waals surface area contributed by atoms with Crippen LogP contribution in [0.4, 0.5) is 0 Å². The number of hydrogen-bond donors (Lipinski definition) is 0. The van der Waals surface area contributed by atoms with E-state index >= 15 is 0 Å². The lowest BCUT2D eigenvalue weighted by Crippen LogP contribution is -2.41. The summed E-state index contributed by atoms with van der Waals surface area (Å²) in [4.78, 5) is 2.64. The Kier molecular flexibility index (Phi) is 3.80. The third-order valence-electron chi connectivity index (χ3n) is 3.87. The van der Waals surface area contributed by atoms with Crippen molar-refractivity contribution in [3.8, 4) is 5.75 Å². The van der Waals surface area contributed by atoms with Crippen molar-refractivity contribution < 1.29 is 4.74 Å². The quantitative estimate of drug-likeness (QED) is 0.772. The summed E-state index contributed by atoms with van der Waals surface area (Å²) < 4.78 is 6.03. The maximum Gasteiger partial charge on any atom is 0.124 e. The number of para-hydroxylation sites is 1. The van der Waals surface area contributed by atoms with E-state index in [0.717, 1.165) is 24.9 Å². The van der Waals surface area contributed by atoms with Crippen LogP contribution < -0.4 is 4.74 Å². The Hall–Kier alpha value is -0.670. The molecule has 1 atom stereocenters. The fourth-order valence-corrected chi connectivity index (χ4v) is 4.03. The molecule has 3 heteroatoms. The molecule has 0 unspecified atom stereocenters. The van der Waals surface area contributed by atoms with Gasteiger partial charge in [0.25, 0.3) is 0 Å². The minimum Gasteiger partial charge on any atom is -0.489 e. The van der Waals surface area contributed by atoms with Crippen molar-refractivity contribution in [3.63, 3.8) is 0 Å². The van der Waals surface area contributed by atoms with Gasteiger partial charge in [0.05, 0.1) is 0 Å². The van der Waals surface area contributed by atoms with Crippen LogP contribution in [-0.2, 0) is 6.54 Å². The topological polar surface area (TPSA) is 12.5 Å². The lowest BCUT2D eigenvalue weighted by molar-refractivity contribution is 0.120. The average Bonchev–Trinajstić information content (AvgIpc) is 2.57. The first-order chi connectivity index (χ1) is 8.83. The molecule has 1 aromatic carbocycles. The highest BCUT2D eigenvalue weighted by atomic mass is 32.2. The fourth-order valence-electron chi connectivity index (χ4n) is 2.95. The molecule has 0 spiro atoms. The molecule has 0 radical (unpaired) electrons. The molecule has 0 bridgehead atoms. The Bertz CT molecular complexity index is 403. The Balaban J connectivity index is 1.80. The van der Waals surface area contributed by atoms with E-state index in [0.29, 0.717) is 6.10 Å². The summed E-state index contributed by atoms with van der Waals surface area (Å²) in [6.45, 7) is 4.30. The zero-order valence-corrected chi connectivity index (χ0v) is 11.8. The van der Waals surface area contributed by atoms with Gasteiger partial charge in [0, 0.05) is 24.7 Å². The third-order valence-corrected chi connectivity index (χ3v) is 4.92. The van der Waals surface area contributed by atoms with Gasteiger partial charge in [-0.1, -0.05) is 18.2 Å². The van der Waals surface area contributed by atoms with Crippen LogP contribution in [0, 0.1) is 0 Å². The monoisotopic (exact) mass is 263 g/mol.